The predicted molar refractivity (Wildman–Crippen MR) is 75.9 cm³/mol. The van der Waals surface area contributed by atoms with E-state index in [0.717, 1.165) is 18.6 Å². The van der Waals surface area contributed by atoms with Gasteiger partial charge in [0.15, 0.2) is 0 Å². The van der Waals surface area contributed by atoms with Crippen LogP contribution in [0.5, 0.6) is 5.75 Å². The summed E-state index contributed by atoms with van der Waals surface area (Å²) in [4.78, 5) is 13.9. The highest BCUT2D eigenvalue weighted by molar-refractivity contribution is 5.94. The van der Waals surface area contributed by atoms with E-state index in [1.165, 1.54) is 12.8 Å². The number of nitrogens with zero attached hydrogens (tertiary/aromatic N) is 1. The third-order valence-corrected chi connectivity index (χ3v) is 4.16. The maximum atomic E-state index is 12.2. The number of hydrogen-bond acceptors (Lipinski definition) is 3. The number of carbonyl (C=O) groups is 1. The molecule has 108 valence electrons. The quantitative estimate of drug-likeness (QED) is 0.920. The van der Waals surface area contributed by atoms with Gasteiger partial charge in [-0.05, 0) is 56.4 Å². The van der Waals surface area contributed by atoms with E-state index in [2.05, 4.69) is 0 Å². The number of aliphatic hydroxyl groups is 1. The van der Waals surface area contributed by atoms with Gasteiger partial charge in [0.25, 0.3) is 5.91 Å². The second kappa shape index (κ2) is 5.83. The molecule has 1 atom stereocenters. The van der Waals surface area contributed by atoms with Gasteiger partial charge in [-0.3, -0.25) is 4.79 Å². The summed E-state index contributed by atoms with van der Waals surface area (Å²) in [7, 11) is 0. The van der Waals surface area contributed by atoms with E-state index in [1.807, 2.05) is 24.3 Å². The fourth-order valence-electron chi connectivity index (χ4n) is 2.98. The Morgan fingerprint density at radius 1 is 1.15 bits per heavy atom. The Hall–Kier alpha value is -1.55. The Morgan fingerprint density at radius 2 is 1.85 bits per heavy atom. The molecule has 0 radical (unpaired) electrons. The summed E-state index contributed by atoms with van der Waals surface area (Å²) in [6, 6.07) is 7.38. The number of β-amino-alcohol motifs (C(OH)–C–C–N with tert-alkyl or cyclic N) is 1. The summed E-state index contributed by atoms with van der Waals surface area (Å²) in [6.07, 6.45) is 5.40. The highest BCUT2D eigenvalue weighted by atomic mass is 16.5. The molecule has 2 aliphatic rings. The maximum absolute atomic E-state index is 12.2. The average Bonchev–Trinajstić information content (AvgIpc) is 3.10. The normalized spacial score (nSPS) is 23.2. The van der Waals surface area contributed by atoms with Crippen molar-refractivity contribution in [2.45, 2.75) is 44.3 Å². The first-order valence-corrected chi connectivity index (χ1v) is 7.46. The first-order chi connectivity index (χ1) is 9.72. The molecule has 1 aliphatic carbocycles. The zero-order valence-electron chi connectivity index (χ0n) is 11.6. The highest BCUT2D eigenvalue weighted by Crippen LogP contribution is 2.24. The second-order valence-electron chi connectivity index (χ2n) is 5.74. The number of amides is 1. The molecule has 1 amide bonds. The molecule has 0 unspecified atom stereocenters. The molecule has 0 aromatic heterocycles. The van der Waals surface area contributed by atoms with Crippen LogP contribution in [0.4, 0.5) is 0 Å². The van der Waals surface area contributed by atoms with E-state index in [1.54, 1.807) is 4.90 Å². The lowest BCUT2D eigenvalue weighted by Crippen LogP contribution is -2.29. The molecule has 1 aliphatic heterocycles. The monoisotopic (exact) mass is 275 g/mol. The molecule has 0 bridgehead atoms. The van der Waals surface area contributed by atoms with Crippen LogP contribution in [0.1, 0.15) is 42.5 Å². The van der Waals surface area contributed by atoms with Gasteiger partial charge in [-0.2, -0.15) is 0 Å². The first kappa shape index (κ1) is 13.4. The van der Waals surface area contributed by atoms with Gasteiger partial charge in [-0.15, -0.1) is 0 Å². The van der Waals surface area contributed by atoms with Gasteiger partial charge >= 0.3 is 0 Å². The van der Waals surface area contributed by atoms with Gasteiger partial charge in [0, 0.05) is 18.7 Å². The van der Waals surface area contributed by atoms with Crippen LogP contribution in [-0.4, -0.2) is 41.2 Å². The smallest absolute Gasteiger partial charge is 0.253 e. The average molecular weight is 275 g/mol. The van der Waals surface area contributed by atoms with Gasteiger partial charge in [-0.25, -0.2) is 0 Å². The van der Waals surface area contributed by atoms with Gasteiger partial charge in [0.2, 0.25) is 0 Å². The van der Waals surface area contributed by atoms with E-state index in [4.69, 9.17) is 4.74 Å². The molecule has 1 aromatic carbocycles. The number of hydrogen-bond donors (Lipinski definition) is 1. The first-order valence-electron chi connectivity index (χ1n) is 7.46. The molecule has 0 spiro atoms. The SMILES string of the molecule is O=C(c1ccc(OC2CCCC2)cc1)N1CC[C@H](O)C1. The van der Waals surface area contributed by atoms with Crippen molar-refractivity contribution in [3.05, 3.63) is 29.8 Å². The minimum absolute atomic E-state index is 0.00559. The zero-order chi connectivity index (χ0) is 13.9. The van der Waals surface area contributed by atoms with Gasteiger partial charge < -0.3 is 14.7 Å². The van der Waals surface area contributed by atoms with Crippen LogP contribution in [0.3, 0.4) is 0 Å². The summed E-state index contributed by atoms with van der Waals surface area (Å²) >= 11 is 0. The molecule has 1 N–H and O–H groups in total. The van der Waals surface area contributed by atoms with Crippen LogP contribution in [0.15, 0.2) is 24.3 Å². The number of benzene rings is 1. The van der Waals surface area contributed by atoms with E-state index in [-0.39, 0.29) is 12.0 Å². The van der Waals surface area contributed by atoms with Crippen molar-refractivity contribution in [2.24, 2.45) is 0 Å². The van der Waals surface area contributed by atoms with Gasteiger partial charge in [0.05, 0.1) is 12.2 Å². The summed E-state index contributed by atoms with van der Waals surface area (Å²) < 4.78 is 5.89. The molecule has 1 saturated heterocycles. The maximum Gasteiger partial charge on any atom is 0.253 e. The summed E-state index contributed by atoms with van der Waals surface area (Å²) in [5.41, 5.74) is 0.665. The molecular weight excluding hydrogens is 254 g/mol. The highest BCUT2D eigenvalue weighted by Gasteiger charge is 2.25. The number of ether oxygens (including phenoxy) is 1. The third kappa shape index (κ3) is 2.96. The van der Waals surface area contributed by atoms with Crippen LogP contribution in [0.25, 0.3) is 0 Å². The molecule has 4 heteroatoms. The number of likely N-dealkylation sites (tertiary alicyclic amines) is 1. The molecule has 3 rings (SSSR count). The summed E-state index contributed by atoms with van der Waals surface area (Å²) in [5, 5.41) is 9.48. The summed E-state index contributed by atoms with van der Waals surface area (Å²) in [5.74, 6) is 0.837. The van der Waals surface area contributed by atoms with Crippen LogP contribution < -0.4 is 4.74 Å². The second-order valence-corrected chi connectivity index (χ2v) is 5.74. The molecule has 1 aromatic rings. The molecule has 20 heavy (non-hydrogen) atoms. The molecule has 1 saturated carbocycles. The van der Waals surface area contributed by atoms with Crippen molar-refractivity contribution in [2.75, 3.05) is 13.1 Å². The molecule has 4 nitrogen and oxygen atoms in total. The van der Waals surface area contributed by atoms with E-state index in [0.29, 0.717) is 31.2 Å². The van der Waals surface area contributed by atoms with Crippen LogP contribution in [-0.2, 0) is 0 Å². The van der Waals surface area contributed by atoms with E-state index >= 15 is 0 Å². The van der Waals surface area contributed by atoms with Crippen molar-refractivity contribution in [3.8, 4) is 5.75 Å². The molecule has 2 fully saturated rings. The van der Waals surface area contributed by atoms with Crippen LogP contribution >= 0.6 is 0 Å². The van der Waals surface area contributed by atoms with Crippen molar-refractivity contribution in [1.82, 2.24) is 4.90 Å². The topological polar surface area (TPSA) is 49.8 Å². The van der Waals surface area contributed by atoms with E-state index < -0.39 is 0 Å². The van der Waals surface area contributed by atoms with Crippen molar-refractivity contribution < 1.29 is 14.6 Å². The minimum atomic E-state index is -0.371. The van der Waals surface area contributed by atoms with Gasteiger partial charge in [0.1, 0.15) is 5.75 Å². The zero-order valence-corrected chi connectivity index (χ0v) is 11.6. The molecular formula is C16H21NO3. The fraction of sp³-hybridized carbons (Fsp3) is 0.562. The van der Waals surface area contributed by atoms with Gasteiger partial charge in [-0.1, -0.05) is 0 Å². The Balaban J connectivity index is 1.61. The minimum Gasteiger partial charge on any atom is -0.490 e. The Kier molecular flexibility index (Phi) is 3.92. The molecule has 1 heterocycles. The van der Waals surface area contributed by atoms with Crippen molar-refractivity contribution in [1.29, 1.82) is 0 Å². The lowest BCUT2D eigenvalue weighted by Gasteiger charge is -2.16. The Bertz CT molecular complexity index is 465. The third-order valence-electron chi connectivity index (χ3n) is 4.16. The van der Waals surface area contributed by atoms with Crippen LogP contribution in [0, 0.1) is 0 Å². The summed E-state index contributed by atoms with van der Waals surface area (Å²) in [6.45, 7) is 1.08. The van der Waals surface area contributed by atoms with Crippen molar-refractivity contribution in [3.63, 3.8) is 0 Å². The Morgan fingerprint density at radius 3 is 2.45 bits per heavy atom. The predicted octanol–water partition coefficient (Wildman–Crippen LogP) is 2.21. The number of rotatable bonds is 3. The van der Waals surface area contributed by atoms with Crippen LogP contribution in [0.2, 0.25) is 0 Å². The Labute approximate surface area is 119 Å². The largest absolute Gasteiger partial charge is 0.490 e. The number of carbonyl (C=O) groups excluding carboxylic acids is 1. The lowest BCUT2D eigenvalue weighted by atomic mass is 10.2. The van der Waals surface area contributed by atoms with Crippen molar-refractivity contribution >= 4 is 5.91 Å². The van der Waals surface area contributed by atoms with E-state index in [9.17, 15) is 9.90 Å². The fourth-order valence-corrected chi connectivity index (χ4v) is 2.98. The standard InChI is InChI=1S/C16H21NO3/c18-13-9-10-17(11-13)16(19)12-5-7-15(8-6-12)20-14-3-1-2-4-14/h5-8,13-14,18H,1-4,9-11H2/t13-/m0/s1. The number of aliphatic hydroxyl groups excluding tert-OH is 1. The lowest BCUT2D eigenvalue weighted by molar-refractivity contribution is 0.0765.